The lowest BCUT2D eigenvalue weighted by molar-refractivity contribution is 0.0396. The third-order valence-corrected chi connectivity index (χ3v) is 4.41. The molecule has 0 bridgehead atoms. The van der Waals surface area contributed by atoms with E-state index in [0.29, 0.717) is 17.4 Å². The highest BCUT2D eigenvalue weighted by atomic mass is 16.2. The van der Waals surface area contributed by atoms with Crippen LogP contribution < -0.4 is 5.73 Å². The molecule has 0 aliphatic carbocycles. The lowest BCUT2D eigenvalue weighted by Crippen LogP contribution is -2.56. The Balaban J connectivity index is 1.81. The van der Waals surface area contributed by atoms with Gasteiger partial charge in [0.15, 0.2) is 0 Å². The van der Waals surface area contributed by atoms with Crippen LogP contribution in [0.3, 0.4) is 0 Å². The molecule has 1 aromatic rings. The molecule has 2 aliphatic rings. The zero-order valence-electron chi connectivity index (χ0n) is 11.5. The van der Waals surface area contributed by atoms with Crippen molar-refractivity contribution in [3.8, 4) is 0 Å². The topological polar surface area (TPSA) is 67.4 Å². The van der Waals surface area contributed by atoms with E-state index in [2.05, 4.69) is 16.9 Å². The summed E-state index contributed by atoms with van der Waals surface area (Å²) in [5.74, 6) is 0.468. The van der Waals surface area contributed by atoms with E-state index < -0.39 is 0 Å². The van der Waals surface area contributed by atoms with Gasteiger partial charge in [0.25, 0.3) is 5.91 Å². The standard InChI is InChI=1S/C13H21N5O/c1-9-7-17-5-3-4-10(17)8-18(9)13(19)11-6-15-16(2)12(11)14/h6,9-10H,3-5,7-8,14H2,1-2H3. The fraction of sp³-hybridized carbons (Fsp3) is 0.692. The molecule has 2 fully saturated rings. The van der Waals surface area contributed by atoms with Gasteiger partial charge in [0.2, 0.25) is 0 Å². The molecule has 3 heterocycles. The maximum absolute atomic E-state index is 12.6. The van der Waals surface area contributed by atoms with Gasteiger partial charge in [0.05, 0.1) is 6.20 Å². The first-order chi connectivity index (χ1) is 9.08. The third-order valence-electron chi connectivity index (χ3n) is 4.41. The van der Waals surface area contributed by atoms with E-state index in [-0.39, 0.29) is 11.9 Å². The van der Waals surface area contributed by atoms with Gasteiger partial charge in [0.1, 0.15) is 11.4 Å². The van der Waals surface area contributed by atoms with Gasteiger partial charge in [0, 0.05) is 32.2 Å². The quantitative estimate of drug-likeness (QED) is 0.792. The van der Waals surface area contributed by atoms with Gasteiger partial charge < -0.3 is 10.6 Å². The van der Waals surface area contributed by atoms with Crippen molar-refractivity contribution >= 4 is 11.7 Å². The number of nitrogens with two attached hydrogens (primary N) is 1. The Bertz CT molecular complexity index is 497. The van der Waals surface area contributed by atoms with Crippen LogP contribution in [0.2, 0.25) is 0 Å². The average Bonchev–Trinajstić information content (AvgIpc) is 2.95. The maximum atomic E-state index is 12.6. The summed E-state index contributed by atoms with van der Waals surface area (Å²) in [5, 5.41) is 4.06. The summed E-state index contributed by atoms with van der Waals surface area (Å²) in [7, 11) is 1.75. The van der Waals surface area contributed by atoms with Crippen molar-refractivity contribution in [3.63, 3.8) is 0 Å². The van der Waals surface area contributed by atoms with Crippen LogP contribution in [0.25, 0.3) is 0 Å². The second-order valence-electron chi connectivity index (χ2n) is 5.66. The van der Waals surface area contributed by atoms with E-state index in [1.165, 1.54) is 19.4 Å². The van der Waals surface area contributed by atoms with Crippen LogP contribution in [0.5, 0.6) is 0 Å². The molecular formula is C13H21N5O. The van der Waals surface area contributed by atoms with Crippen LogP contribution in [0, 0.1) is 0 Å². The Morgan fingerprint density at radius 1 is 1.47 bits per heavy atom. The average molecular weight is 263 g/mol. The molecule has 2 atom stereocenters. The highest BCUT2D eigenvalue weighted by Gasteiger charge is 2.37. The van der Waals surface area contributed by atoms with Gasteiger partial charge in [-0.2, -0.15) is 5.10 Å². The Kier molecular flexibility index (Phi) is 2.97. The summed E-state index contributed by atoms with van der Waals surface area (Å²) in [4.78, 5) is 17.1. The maximum Gasteiger partial charge on any atom is 0.259 e. The fourth-order valence-electron chi connectivity index (χ4n) is 3.24. The van der Waals surface area contributed by atoms with Crippen molar-refractivity contribution in [1.82, 2.24) is 19.6 Å². The molecule has 2 N–H and O–H groups in total. The summed E-state index contributed by atoms with van der Waals surface area (Å²) in [6, 6.07) is 0.763. The summed E-state index contributed by atoms with van der Waals surface area (Å²) in [5.41, 5.74) is 6.43. The number of nitrogens with zero attached hydrogens (tertiary/aromatic N) is 4. The van der Waals surface area contributed by atoms with Gasteiger partial charge in [-0.1, -0.05) is 0 Å². The minimum atomic E-state index is 0.0182. The lowest BCUT2D eigenvalue weighted by atomic mass is 10.1. The first-order valence-electron chi connectivity index (χ1n) is 6.90. The molecule has 104 valence electrons. The fourth-order valence-corrected chi connectivity index (χ4v) is 3.24. The predicted octanol–water partition coefficient (Wildman–Crippen LogP) is 0.311. The predicted molar refractivity (Wildman–Crippen MR) is 72.7 cm³/mol. The number of nitrogen functional groups attached to an aromatic ring is 1. The van der Waals surface area contributed by atoms with E-state index in [1.807, 2.05) is 4.90 Å². The van der Waals surface area contributed by atoms with Crippen LogP contribution in [0.4, 0.5) is 5.82 Å². The molecule has 2 aliphatic heterocycles. The van der Waals surface area contributed by atoms with E-state index in [9.17, 15) is 4.79 Å². The van der Waals surface area contributed by atoms with Gasteiger partial charge in [-0.05, 0) is 26.3 Å². The summed E-state index contributed by atoms with van der Waals surface area (Å²) >= 11 is 0. The number of carbonyl (C=O) groups excluding carboxylic acids is 1. The number of aromatic nitrogens is 2. The molecule has 6 heteroatoms. The van der Waals surface area contributed by atoms with Crippen LogP contribution in [-0.2, 0) is 7.05 Å². The van der Waals surface area contributed by atoms with Crippen LogP contribution >= 0.6 is 0 Å². The molecule has 1 amide bonds. The minimum absolute atomic E-state index is 0.0182. The molecule has 0 radical (unpaired) electrons. The molecule has 2 saturated heterocycles. The number of aryl methyl sites for hydroxylation is 1. The molecule has 19 heavy (non-hydrogen) atoms. The van der Waals surface area contributed by atoms with E-state index in [4.69, 9.17) is 5.73 Å². The monoisotopic (exact) mass is 263 g/mol. The highest BCUT2D eigenvalue weighted by Crippen LogP contribution is 2.26. The summed E-state index contributed by atoms with van der Waals surface area (Å²) in [6.45, 7) is 5.07. The van der Waals surface area contributed by atoms with Gasteiger partial charge in [-0.3, -0.25) is 14.4 Å². The molecule has 6 nitrogen and oxygen atoms in total. The number of carbonyl (C=O) groups is 1. The van der Waals surface area contributed by atoms with Gasteiger partial charge in [-0.15, -0.1) is 0 Å². The van der Waals surface area contributed by atoms with Crippen molar-refractivity contribution in [1.29, 1.82) is 0 Å². The molecule has 0 saturated carbocycles. The van der Waals surface area contributed by atoms with Crippen molar-refractivity contribution in [2.24, 2.45) is 7.05 Å². The first kappa shape index (κ1) is 12.5. The number of hydrogen-bond acceptors (Lipinski definition) is 4. The molecule has 3 rings (SSSR count). The molecule has 2 unspecified atom stereocenters. The molecule has 1 aromatic heterocycles. The van der Waals surface area contributed by atoms with E-state index >= 15 is 0 Å². The molecule has 0 aromatic carbocycles. The van der Waals surface area contributed by atoms with E-state index in [1.54, 1.807) is 17.9 Å². The highest BCUT2D eigenvalue weighted by molar-refractivity contribution is 5.98. The van der Waals surface area contributed by atoms with Gasteiger partial charge >= 0.3 is 0 Å². The SMILES string of the molecule is CC1CN2CCCC2CN1C(=O)c1cnn(C)c1N. The van der Waals surface area contributed by atoms with Crippen molar-refractivity contribution in [3.05, 3.63) is 11.8 Å². The summed E-state index contributed by atoms with van der Waals surface area (Å²) < 4.78 is 1.55. The van der Waals surface area contributed by atoms with Crippen LogP contribution in [0.1, 0.15) is 30.1 Å². The second kappa shape index (κ2) is 4.52. The van der Waals surface area contributed by atoms with Crippen LogP contribution in [0.15, 0.2) is 6.20 Å². The van der Waals surface area contributed by atoms with Gasteiger partial charge in [-0.25, -0.2) is 0 Å². The zero-order valence-corrected chi connectivity index (χ0v) is 11.5. The third kappa shape index (κ3) is 2.00. The van der Waals surface area contributed by atoms with Crippen LogP contribution in [-0.4, -0.2) is 57.2 Å². The number of rotatable bonds is 1. The van der Waals surface area contributed by atoms with Crippen molar-refractivity contribution < 1.29 is 4.79 Å². The van der Waals surface area contributed by atoms with E-state index in [0.717, 1.165) is 13.1 Å². The molecule has 0 spiro atoms. The second-order valence-corrected chi connectivity index (χ2v) is 5.66. The Labute approximate surface area is 113 Å². The Morgan fingerprint density at radius 3 is 2.95 bits per heavy atom. The Hall–Kier alpha value is -1.56. The summed E-state index contributed by atoms with van der Waals surface area (Å²) in [6.07, 6.45) is 4.01. The smallest absolute Gasteiger partial charge is 0.259 e. The zero-order chi connectivity index (χ0) is 13.6. The minimum Gasteiger partial charge on any atom is -0.383 e. The molecular weight excluding hydrogens is 242 g/mol. The first-order valence-corrected chi connectivity index (χ1v) is 6.90. The number of fused-ring (bicyclic) bond motifs is 1. The number of amides is 1. The Morgan fingerprint density at radius 2 is 2.26 bits per heavy atom. The normalized spacial score (nSPS) is 27.6. The number of anilines is 1. The van der Waals surface area contributed by atoms with Crippen molar-refractivity contribution in [2.75, 3.05) is 25.4 Å². The largest absolute Gasteiger partial charge is 0.383 e. The number of piperazine rings is 1. The van der Waals surface area contributed by atoms with Crippen molar-refractivity contribution in [2.45, 2.75) is 31.8 Å². The number of hydrogen-bond donors (Lipinski definition) is 1. The lowest BCUT2D eigenvalue weighted by Gasteiger charge is -2.42.